The number of benzene rings is 1. The van der Waals surface area contributed by atoms with Gasteiger partial charge in [-0.05, 0) is 55.5 Å². The Morgan fingerprint density at radius 2 is 2.04 bits per heavy atom. The molecule has 1 unspecified atom stereocenters. The van der Waals surface area contributed by atoms with Crippen LogP contribution in [0.2, 0.25) is 0 Å². The summed E-state index contributed by atoms with van der Waals surface area (Å²) in [6, 6.07) is 6.33. The Bertz CT molecular complexity index is 646. The first kappa shape index (κ1) is 20.9. The number of halogens is 1. The van der Waals surface area contributed by atoms with Gasteiger partial charge in [0.2, 0.25) is 15.9 Å². The molecule has 1 aromatic carbocycles. The minimum atomic E-state index is -3.72. The molecule has 0 aliphatic carbocycles. The van der Waals surface area contributed by atoms with Crippen LogP contribution < -0.4 is 15.8 Å². The minimum absolute atomic E-state index is 0. The molecule has 1 atom stereocenters. The van der Waals surface area contributed by atoms with Gasteiger partial charge in [-0.3, -0.25) is 4.79 Å². The second kappa shape index (κ2) is 9.36. The van der Waals surface area contributed by atoms with Crippen LogP contribution in [0.15, 0.2) is 29.2 Å². The lowest BCUT2D eigenvalue weighted by atomic mass is 9.84. The van der Waals surface area contributed by atoms with Crippen molar-refractivity contribution >= 4 is 28.3 Å². The molecule has 0 aromatic heterocycles. The third-order valence-electron chi connectivity index (χ3n) is 4.41. The Morgan fingerprint density at radius 1 is 1.38 bits per heavy atom. The van der Waals surface area contributed by atoms with Crippen LogP contribution in [-0.2, 0) is 21.4 Å². The van der Waals surface area contributed by atoms with E-state index in [0.29, 0.717) is 24.8 Å². The van der Waals surface area contributed by atoms with E-state index >= 15 is 0 Å². The molecule has 0 bridgehead atoms. The molecule has 8 heteroatoms. The van der Waals surface area contributed by atoms with E-state index in [1.165, 1.54) is 12.1 Å². The normalized spacial score (nSPS) is 16.9. The average molecular weight is 376 g/mol. The van der Waals surface area contributed by atoms with Crippen LogP contribution in [0.5, 0.6) is 0 Å². The van der Waals surface area contributed by atoms with E-state index in [2.05, 4.69) is 17.6 Å². The number of amides is 1. The van der Waals surface area contributed by atoms with Gasteiger partial charge in [0.05, 0.1) is 4.90 Å². The molecule has 0 spiro atoms. The molecule has 2 rings (SSSR count). The molecular weight excluding hydrogens is 350 g/mol. The smallest absolute Gasteiger partial charge is 0.238 e. The number of nitrogens with two attached hydrogens (primary N) is 1. The van der Waals surface area contributed by atoms with Crippen LogP contribution in [0.4, 0.5) is 0 Å². The van der Waals surface area contributed by atoms with Crippen molar-refractivity contribution < 1.29 is 13.2 Å². The summed E-state index contributed by atoms with van der Waals surface area (Å²) in [5.41, 5.74) is 0.722. The summed E-state index contributed by atoms with van der Waals surface area (Å²) in [7, 11) is -3.72. The molecule has 136 valence electrons. The quantitative estimate of drug-likeness (QED) is 0.699. The van der Waals surface area contributed by atoms with Gasteiger partial charge in [-0.15, -0.1) is 12.4 Å². The summed E-state index contributed by atoms with van der Waals surface area (Å²) in [6.07, 6.45) is 2.73. The van der Waals surface area contributed by atoms with Crippen molar-refractivity contribution in [3.8, 4) is 0 Å². The highest BCUT2D eigenvalue weighted by molar-refractivity contribution is 7.89. The molecule has 0 radical (unpaired) electrons. The first-order valence-corrected chi connectivity index (χ1v) is 9.50. The third kappa shape index (κ3) is 6.39. The fraction of sp³-hybridized carbons (Fsp3) is 0.562. The standard InChI is InChI=1S/C16H25N3O3S.ClH/c1-12(14-5-7-18-8-6-14)9-16(20)19-11-13-3-2-4-15(10-13)23(17,21)22;/h2-4,10,12,14,18H,5-9,11H2,1H3,(H,19,20)(H2,17,21,22);1H. The maximum atomic E-state index is 12.1. The summed E-state index contributed by atoms with van der Waals surface area (Å²) in [5.74, 6) is 0.942. The zero-order chi connectivity index (χ0) is 16.9. The fourth-order valence-corrected chi connectivity index (χ4v) is 3.56. The number of nitrogens with one attached hydrogen (secondary N) is 2. The summed E-state index contributed by atoms with van der Waals surface area (Å²) >= 11 is 0. The van der Waals surface area contributed by atoms with Crippen molar-refractivity contribution in [2.24, 2.45) is 17.0 Å². The SMILES string of the molecule is CC(CC(=O)NCc1cccc(S(N)(=O)=O)c1)C1CCNCC1.Cl. The number of piperidine rings is 1. The van der Waals surface area contributed by atoms with Crippen LogP contribution in [-0.4, -0.2) is 27.4 Å². The molecule has 1 fully saturated rings. The van der Waals surface area contributed by atoms with Gasteiger partial charge in [-0.2, -0.15) is 0 Å². The second-order valence-electron chi connectivity index (χ2n) is 6.24. The van der Waals surface area contributed by atoms with E-state index in [0.717, 1.165) is 31.5 Å². The zero-order valence-corrected chi connectivity index (χ0v) is 15.5. The minimum Gasteiger partial charge on any atom is -0.352 e. The van der Waals surface area contributed by atoms with E-state index in [9.17, 15) is 13.2 Å². The molecule has 1 aliphatic rings. The first-order valence-electron chi connectivity index (χ1n) is 7.95. The molecule has 1 heterocycles. The van der Waals surface area contributed by atoms with Crippen molar-refractivity contribution in [2.75, 3.05) is 13.1 Å². The molecule has 4 N–H and O–H groups in total. The Morgan fingerprint density at radius 3 is 2.67 bits per heavy atom. The van der Waals surface area contributed by atoms with Crippen LogP contribution in [0.3, 0.4) is 0 Å². The number of hydrogen-bond acceptors (Lipinski definition) is 4. The number of carbonyl (C=O) groups excluding carboxylic acids is 1. The van der Waals surface area contributed by atoms with Crippen molar-refractivity contribution in [1.29, 1.82) is 0 Å². The summed E-state index contributed by atoms with van der Waals surface area (Å²) in [5, 5.41) is 11.3. The van der Waals surface area contributed by atoms with Gasteiger partial charge in [0.15, 0.2) is 0 Å². The number of hydrogen-bond donors (Lipinski definition) is 3. The maximum Gasteiger partial charge on any atom is 0.238 e. The van der Waals surface area contributed by atoms with Crippen molar-refractivity contribution in [3.05, 3.63) is 29.8 Å². The molecule has 1 aliphatic heterocycles. The molecule has 0 saturated carbocycles. The first-order chi connectivity index (χ1) is 10.9. The van der Waals surface area contributed by atoms with E-state index in [1.54, 1.807) is 12.1 Å². The van der Waals surface area contributed by atoms with Gasteiger partial charge in [0, 0.05) is 13.0 Å². The maximum absolute atomic E-state index is 12.1. The number of rotatable bonds is 6. The highest BCUT2D eigenvalue weighted by Gasteiger charge is 2.21. The fourth-order valence-electron chi connectivity index (χ4n) is 2.98. The van der Waals surface area contributed by atoms with E-state index in [1.807, 2.05) is 0 Å². The summed E-state index contributed by atoms with van der Waals surface area (Å²) < 4.78 is 22.7. The predicted octanol–water partition coefficient (Wildman–Crippen LogP) is 1.40. The molecule has 6 nitrogen and oxygen atoms in total. The van der Waals surface area contributed by atoms with Gasteiger partial charge in [0.1, 0.15) is 0 Å². The predicted molar refractivity (Wildman–Crippen MR) is 96.3 cm³/mol. The van der Waals surface area contributed by atoms with Gasteiger partial charge in [-0.1, -0.05) is 19.1 Å². The van der Waals surface area contributed by atoms with Crippen LogP contribution in [0, 0.1) is 11.8 Å². The van der Waals surface area contributed by atoms with E-state index < -0.39 is 10.0 Å². The zero-order valence-electron chi connectivity index (χ0n) is 13.8. The van der Waals surface area contributed by atoms with Crippen molar-refractivity contribution in [3.63, 3.8) is 0 Å². The summed E-state index contributed by atoms with van der Waals surface area (Å²) in [6.45, 7) is 4.48. The number of carbonyl (C=O) groups is 1. The van der Waals surface area contributed by atoms with E-state index in [4.69, 9.17) is 5.14 Å². The second-order valence-corrected chi connectivity index (χ2v) is 7.80. The molecular formula is C16H26ClN3O3S. The van der Waals surface area contributed by atoms with Crippen LogP contribution >= 0.6 is 12.4 Å². The Hall–Kier alpha value is -1.15. The molecule has 1 saturated heterocycles. The Balaban J connectivity index is 0.00000288. The highest BCUT2D eigenvalue weighted by atomic mass is 35.5. The Kier molecular flexibility index (Phi) is 8.15. The summed E-state index contributed by atoms with van der Waals surface area (Å²) in [4.78, 5) is 12.1. The largest absolute Gasteiger partial charge is 0.352 e. The van der Waals surface area contributed by atoms with E-state index in [-0.39, 0.29) is 23.2 Å². The molecule has 1 aromatic rings. The van der Waals surface area contributed by atoms with Crippen LogP contribution in [0.25, 0.3) is 0 Å². The number of primary sulfonamides is 1. The van der Waals surface area contributed by atoms with Crippen molar-refractivity contribution in [2.45, 2.75) is 37.6 Å². The lowest BCUT2D eigenvalue weighted by molar-refractivity contribution is -0.122. The topological polar surface area (TPSA) is 101 Å². The lowest BCUT2D eigenvalue weighted by Gasteiger charge is -2.27. The molecule has 1 amide bonds. The van der Waals surface area contributed by atoms with Crippen molar-refractivity contribution in [1.82, 2.24) is 10.6 Å². The van der Waals surface area contributed by atoms with Gasteiger partial charge in [0.25, 0.3) is 0 Å². The van der Waals surface area contributed by atoms with Crippen LogP contribution in [0.1, 0.15) is 31.7 Å². The monoisotopic (exact) mass is 375 g/mol. The van der Waals surface area contributed by atoms with Gasteiger partial charge in [-0.25, -0.2) is 13.6 Å². The highest BCUT2D eigenvalue weighted by Crippen LogP contribution is 2.24. The third-order valence-corrected chi connectivity index (χ3v) is 5.32. The van der Waals surface area contributed by atoms with Gasteiger partial charge >= 0.3 is 0 Å². The lowest BCUT2D eigenvalue weighted by Crippen LogP contribution is -2.33. The average Bonchev–Trinajstić information content (AvgIpc) is 2.53. The number of sulfonamides is 1. The van der Waals surface area contributed by atoms with Gasteiger partial charge < -0.3 is 10.6 Å². The molecule has 24 heavy (non-hydrogen) atoms. The Labute approximate surface area is 150 Å².